The normalized spacial score (nSPS) is 11.7. The summed E-state index contributed by atoms with van der Waals surface area (Å²) in [5, 5.41) is 5.07. The number of carbonyl (C=O) groups excluding carboxylic acids is 2. The molecule has 6 nitrogen and oxygen atoms in total. The van der Waals surface area contributed by atoms with Gasteiger partial charge in [0.1, 0.15) is 5.82 Å². The van der Waals surface area contributed by atoms with Crippen molar-refractivity contribution in [1.82, 2.24) is 14.8 Å². The summed E-state index contributed by atoms with van der Waals surface area (Å²) in [6.07, 6.45) is 3.66. The van der Waals surface area contributed by atoms with Crippen molar-refractivity contribution in [2.45, 2.75) is 6.92 Å². The van der Waals surface area contributed by atoms with Gasteiger partial charge in [0.25, 0.3) is 0 Å². The van der Waals surface area contributed by atoms with E-state index in [4.69, 9.17) is 0 Å². The third-order valence-electron chi connectivity index (χ3n) is 3.68. The van der Waals surface area contributed by atoms with E-state index in [1.54, 1.807) is 33.2 Å². The third kappa shape index (κ3) is 4.13. The highest BCUT2D eigenvalue weighted by molar-refractivity contribution is 5.90. The van der Waals surface area contributed by atoms with Gasteiger partial charge >= 0.3 is 6.03 Å². The molecule has 0 spiro atoms. The van der Waals surface area contributed by atoms with Gasteiger partial charge in [-0.05, 0) is 30.3 Å². The molecular formula is C17H21FN4O2. The average molecular weight is 332 g/mol. The van der Waals surface area contributed by atoms with Crippen LogP contribution < -0.4 is 10.6 Å². The molecule has 24 heavy (non-hydrogen) atoms. The molecule has 1 atom stereocenters. The van der Waals surface area contributed by atoms with Crippen LogP contribution in [0.2, 0.25) is 0 Å². The first-order valence-electron chi connectivity index (χ1n) is 7.59. The molecule has 0 saturated carbocycles. The Balaban J connectivity index is 2.08. The Morgan fingerprint density at radius 1 is 1.29 bits per heavy atom. The minimum Gasteiger partial charge on any atom is -0.359 e. The Kier molecular flexibility index (Phi) is 5.57. The van der Waals surface area contributed by atoms with Crippen molar-refractivity contribution >= 4 is 17.6 Å². The highest BCUT2D eigenvalue weighted by Crippen LogP contribution is 2.19. The van der Waals surface area contributed by atoms with E-state index in [1.807, 2.05) is 29.1 Å². The van der Waals surface area contributed by atoms with Crippen molar-refractivity contribution in [2.24, 2.45) is 5.92 Å². The molecule has 0 bridgehead atoms. The molecule has 7 heteroatoms. The van der Waals surface area contributed by atoms with Crippen LogP contribution in [0.25, 0.3) is 5.69 Å². The Bertz CT molecular complexity index is 715. The van der Waals surface area contributed by atoms with Crippen molar-refractivity contribution in [3.8, 4) is 5.69 Å². The van der Waals surface area contributed by atoms with Gasteiger partial charge in [-0.2, -0.15) is 0 Å². The van der Waals surface area contributed by atoms with Crippen LogP contribution in [0.5, 0.6) is 0 Å². The summed E-state index contributed by atoms with van der Waals surface area (Å²) in [5.74, 6) is -1.04. The standard InChI is InChI=1S/C17H21FN4O2/c1-12(16(23)19-2)11-21(3)17(24)20-15-10-13(6-7-14(15)18)22-8-4-5-9-22/h4-10,12H,11H2,1-3H3,(H,19,23)(H,20,24)/t12-/m0/s1. The molecule has 1 aromatic heterocycles. The molecule has 0 aliphatic carbocycles. The molecule has 0 unspecified atom stereocenters. The van der Waals surface area contributed by atoms with Gasteiger partial charge in [0, 0.05) is 38.7 Å². The third-order valence-corrected chi connectivity index (χ3v) is 3.68. The number of aromatic nitrogens is 1. The largest absolute Gasteiger partial charge is 0.359 e. The SMILES string of the molecule is CNC(=O)[C@@H](C)CN(C)C(=O)Nc1cc(-n2cccc2)ccc1F. The van der Waals surface area contributed by atoms with Crippen LogP contribution in [0.1, 0.15) is 6.92 Å². The summed E-state index contributed by atoms with van der Waals surface area (Å²) in [6, 6.07) is 7.73. The zero-order chi connectivity index (χ0) is 17.7. The second-order valence-electron chi connectivity index (χ2n) is 5.58. The Morgan fingerprint density at radius 2 is 1.96 bits per heavy atom. The van der Waals surface area contributed by atoms with E-state index in [0.717, 1.165) is 5.69 Å². The van der Waals surface area contributed by atoms with Crippen molar-refractivity contribution in [3.05, 3.63) is 48.5 Å². The van der Waals surface area contributed by atoms with E-state index in [2.05, 4.69) is 10.6 Å². The number of amides is 3. The first-order valence-corrected chi connectivity index (χ1v) is 7.59. The molecule has 0 aliphatic heterocycles. The van der Waals surface area contributed by atoms with Gasteiger partial charge in [-0.15, -0.1) is 0 Å². The number of hydrogen-bond donors (Lipinski definition) is 2. The van der Waals surface area contributed by atoms with Crippen molar-refractivity contribution in [3.63, 3.8) is 0 Å². The number of rotatable bonds is 5. The number of nitrogens with zero attached hydrogens (tertiary/aromatic N) is 2. The summed E-state index contributed by atoms with van der Waals surface area (Å²) in [4.78, 5) is 25.1. The first-order chi connectivity index (χ1) is 11.4. The Hall–Kier alpha value is -2.83. The molecule has 2 N–H and O–H groups in total. The zero-order valence-electron chi connectivity index (χ0n) is 13.9. The molecule has 2 aromatic rings. The molecule has 3 amide bonds. The molecule has 2 rings (SSSR count). The lowest BCUT2D eigenvalue weighted by Crippen LogP contribution is -2.39. The number of nitrogens with one attached hydrogen (secondary N) is 2. The van der Waals surface area contributed by atoms with Gasteiger partial charge in [0.15, 0.2) is 0 Å². The fourth-order valence-corrected chi connectivity index (χ4v) is 2.31. The molecular weight excluding hydrogens is 311 g/mol. The zero-order valence-corrected chi connectivity index (χ0v) is 13.9. The molecule has 0 radical (unpaired) electrons. The molecule has 1 heterocycles. The quantitative estimate of drug-likeness (QED) is 0.883. The summed E-state index contributed by atoms with van der Waals surface area (Å²) < 4.78 is 15.8. The van der Waals surface area contributed by atoms with Gasteiger partial charge in [0.2, 0.25) is 5.91 Å². The van der Waals surface area contributed by atoms with E-state index in [1.165, 1.54) is 11.0 Å². The Morgan fingerprint density at radius 3 is 2.58 bits per heavy atom. The van der Waals surface area contributed by atoms with E-state index in [9.17, 15) is 14.0 Å². The Labute approximate surface area is 140 Å². The van der Waals surface area contributed by atoms with Gasteiger partial charge in [-0.1, -0.05) is 6.92 Å². The van der Waals surface area contributed by atoms with Gasteiger partial charge in [-0.25, -0.2) is 9.18 Å². The monoisotopic (exact) mass is 332 g/mol. The fraction of sp³-hybridized carbons (Fsp3) is 0.294. The maximum absolute atomic E-state index is 14.0. The van der Waals surface area contributed by atoms with Gasteiger partial charge in [0.05, 0.1) is 11.6 Å². The lowest BCUT2D eigenvalue weighted by atomic mass is 10.1. The molecule has 128 valence electrons. The van der Waals surface area contributed by atoms with Crippen molar-refractivity contribution in [2.75, 3.05) is 26.0 Å². The summed E-state index contributed by atoms with van der Waals surface area (Å²) in [5.41, 5.74) is 0.823. The summed E-state index contributed by atoms with van der Waals surface area (Å²) in [7, 11) is 3.10. The smallest absolute Gasteiger partial charge is 0.321 e. The predicted octanol–water partition coefficient (Wildman–Crippen LogP) is 2.46. The van der Waals surface area contributed by atoms with Crippen LogP contribution >= 0.6 is 0 Å². The average Bonchev–Trinajstić information content (AvgIpc) is 3.10. The number of halogens is 1. The fourth-order valence-electron chi connectivity index (χ4n) is 2.31. The van der Waals surface area contributed by atoms with Crippen LogP contribution in [0.3, 0.4) is 0 Å². The second-order valence-corrected chi connectivity index (χ2v) is 5.58. The maximum atomic E-state index is 14.0. The van der Waals surface area contributed by atoms with Crippen LogP contribution in [-0.4, -0.2) is 42.0 Å². The van der Waals surface area contributed by atoms with Crippen molar-refractivity contribution in [1.29, 1.82) is 0 Å². The minimum absolute atomic E-state index is 0.0886. The van der Waals surface area contributed by atoms with Gasteiger partial charge < -0.3 is 20.1 Å². The highest BCUT2D eigenvalue weighted by atomic mass is 19.1. The van der Waals surface area contributed by atoms with Crippen LogP contribution in [0.4, 0.5) is 14.9 Å². The number of hydrogen-bond acceptors (Lipinski definition) is 2. The summed E-state index contributed by atoms with van der Waals surface area (Å²) in [6.45, 7) is 1.94. The number of benzene rings is 1. The number of anilines is 1. The molecule has 0 saturated heterocycles. The number of carbonyl (C=O) groups is 2. The molecule has 0 aliphatic rings. The second kappa shape index (κ2) is 7.63. The molecule has 1 aromatic carbocycles. The van der Waals surface area contributed by atoms with E-state index >= 15 is 0 Å². The lowest BCUT2D eigenvalue weighted by Gasteiger charge is -2.21. The topological polar surface area (TPSA) is 66.4 Å². The van der Waals surface area contributed by atoms with Crippen LogP contribution in [0.15, 0.2) is 42.7 Å². The minimum atomic E-state index is -0.521. The first kappa shape index (κ1) is 17.5. The summed E-state index contributed by atoms with van der Waals surface area (Å²) >= 11 is 0. The van der Waals surface area contributed by atoms with E-state index in [0.29, 0.717) is 0 Å². The maximum Gasteiger partial charge on any atom is 0.321 e. The predicted molar refractivity (Wildman–Crippen MR) is 90.6 cm³/mol. The van der Waals surface area contributed by atoms with Crippen LogP contribution in [0, 0.1) is 11.7 Å². The number of urea groups is 1. The highest BCUT2D eigenvalue weighted by Gasteiger charge is 2.18. The molecule has 0 fully saturated rings. The van der Waals surface area contributed by atoms with Crippen LogP contribution in [-0.2, 0) is 4.79 Å². The van der Waals surface area contributed by atoms with E-state index < -0.39 is 11.8 Å². The van der Waals surface area contributed by atoms with Gasteiger partial charge in [-0.3, -0.25) is 4.79 Å². The lowest BCUT2D eigenvalue weighted by molar-refractivity contribution is -0.124. The van der Waals surface area contributed by atoms with E-state index in [-0.39, 0.29) is 24.1 Å². The van der Waals surface area contributed by atoms with Crippen molar-refractivity contribution < 1.29 is 14.0 Å².